The van der Waals surface area contributed by atoms with Crippen LogP contribution in [0.15, 0.2) is 24.4 Å². The normalized spacial score (nSPS) is 16.9. The van der Waals surface area contributed by atoms with E-state index in [1.54, 1.807) is 7.11 Å². The van der Waals surface area contributed by atoms with E-state index in [9.17, 15) is 0 Å². The molecule has 0 spiro atoms. The monoisotopic (exact) mass is 409 g/mol. The molecular weight excluding hydrogens is 382 g/mol. The molecule has 0 atom stereocenters. The number of imidazole rings is 1. The number of nitrogens with zero attached hydrogens (tertiary/aromatic N) is 5. The van der Waals surface area contributed by atoms with E-state index in [0.29, 0.717) is 25.0 Å². The predicted molar refractivity (Wildman–Crippen MR) is 113 cm³/mol. The molecule has 3 aromatic heterocycles. The summed E-state index contributed by atoms with van der Waals surface area (Å²) in [5.41, 5.74) is 6.19. The zero-order valence-corrected chi connectivity index (χ0v) is 17.5. The van der Waals surface area contributed by atoms with Gasteiger partial charge in [-0.3, -0.25) is 0 Å². The van der Waals surface area contributed by atoms with Crippen molar-refractivity contribution < 1.29 is 14.2 Å². The van der Waals surface area contributed by atoms with Crippen molar-refractivity contribution in [3.05, 3.63) is 35.8 Å². The van der Waals surface area contributed by atoms with Crippen LogP contribution in [-0.2, 0) is 9.47 Å². The number of morpholine rings is 1. The van der Waals surface area contributed by atoms with Gasteiger partial charge in [-0.25, -0.2) is 14.5 Å². The highest BCUT2D eigenvalue weighted by molar-refractivity contribution is 5.76. The highest BCUT2D eigenvalue weighted by atomic mass is 16.5. The van der Waals surface area contributed by atoms with Gasteiger partial charge in [-0.2, -0.15) is 5.10 Å². The molecule has 158 valence electrons. The van der Waals surface area contributed by atoms with E-state index in [-0.39, 0.29) is 0 Å². The third-order valence-electron chi connectivity index (χ3n) is 5.58. The first-order chi connectivity index (χ1) is 14.7. The van der Waals surface area contributed by atoms with Crippen LogP contribution in [0.4, 0.5) is 5.69 Å². The minimum Gasteiger partial charge on any atom is -0.475 e. The van der Waals surface area contributed by atoms with Crippen LogP contribution < -0.4 is 9.64 Å². The van der Waals surface area contributed by atoms with Gasteiger partial charge >= 0.3 is 0 Å². The predicted octanol–water partition coefficient (Wildman–Crippen LogP) is 2.84. The minimum absolute atomic E-state index is 0.482. The lowest BCUT2D eigenvalue weighted by Crippen LogP contribution is -2.36. The van der Waals surface area contributed by atoms with Crippen LogP contribution in [0.25, 0.3) is 16.9 Å². The van der Waals surface area contributed by atoms with Crippen LogP contribution >= 0.6 is 0 Å². The summed E-state index contributed by atoms with van der Waals surface area (Å²) in [6.45, 7) is 6.28. The number of ether oxygens (including phenoxy) is 3. The Morgan fingerprint density at radius 2 is 2.00 bits per heavy atom. The smallest absolute Gasteiger partial charge is 0.213 e. The fraction of sp³-hybridized carbons (Fsp3) is 0.500. The summed E-state index contributed by atoms with van der Waals surface area (Å²) in [6.07, 6.45) is 4.21. The summed E-state index contributed by atoms with van der Waals surface area (Å²) >= 11 is 0. The molecule has 0 N–H and O–H groups in total. The van der Waals surface area contributed by atoms with E-state index in [2.05, 4.69) is 16.0 Å². The van der Waals surface area contributed by atoms with E-state index < -0.39 is 0 Å². The van der Waals surface area contributed by atoms with Gasteiger partial charge in [0, 0.05) is 43.9 Å². The molecule has 0 amide bonds. The van der Waals surface area contributed by atoms with E-state index in [1.165, 1.54) is 12.8 Å². The molecule has 1 aliphatic carbocycles. The molecule has 8 heteroatoms. The second kappa shape index (κ2) is 8.20. The Bertz CT molecular complexity index is 1020. The molecule has 1 aliphatic heterocycles. The summed E-state index contributed by atoms with van der Waals surface area (Å²) in [5, 5.41) is 4.84. The van der Waals surface area contributed by atoms with E-state index in [1.807, 2.05) is 29.8 Å². The number of methoxy groups -OCH3 is 1. The van der Waals surface area contributed by atoms with Gasteiger partial charge in [-0.15, -0.1) is 0 Å². The number of aryl methyl sites for hydroxylation is 1. The molecule has 4 heterocycles. The van der Waals surface area contributed by atoms with Crippen LogP contribution in [0.2, 0.25) is 0 Å². The SMILES string of the molecule is COCCOc1ccc(-c2c(C3CC3)nc3c(N4CCOCC4)cc(C)nn23)cn1. The molecule has 0 bridgehead atoms. The molecule has 5 rings (SSSR count). The fourth-order valence-electron chi connectivity index (χ4n) is 3.92. The van der Waals surface area contributed by atoms with Crippen LogP contribution in [-0.4, -0.2) is 66.2 Å². The Morgan fingerprint density at radius 1 is 1.17 bits per heavy atom. The number of hydrogen-bond acceptors (Lipinski definition) is 7. The second-order valence-corrected chi connectivity index (χ2v) is 7.85. The van der Waals surface area contributed by atoms with Gasteiger partial charge in [0.1, 0.15) is 6.61 Å². The van der Waals surface area contributed by atoms with E-state index in [0.717, 1.165) is 60.3 Å². The molecule has 0 aromatic carbocycles. The summed E-state index contributed by atoms with van der Waals surface area (Å²) in [7, 11) is 1.66. The Hall–Kier alpha value is -2.71. The van der Waals surface area contributed by atoms with Crippen molar-refractivity contribution >= 4 is 11.3 Å². The van der Waals surface area contributed by atoms with Crippen molar-refractivity contribution in [2.75, 3.05) is 51.5 Å². The molecule has 2 aliphatic rings. The molecule has 30 heavy (non-hydrogen) atoms. The highest BCUT2D eigenvalue weighted by Gasteiger charge is 2.32. The van der Waals surface area contributed by atoms with Gasteiger partial charge < -0.3 is 19.1 Å². The summed E-state index contributed by atoms with van der Waals surface area (Å²) in [4.78, 5) is 11.9. The lowest BCUT2D eigenvalue weighted by atomic mass is 10.1. The molecule has 1 saturated heterocycles. The third kappa shape index (κ3) is 3.73. The van der Waals surface area contributed by atoms with Crippen LogP contribution in [0.1, 0.15) is 30.1 Å². The van der Waals surface area contributed by atoms with Crippen LogP contribution in [0.3, 0.4) is 0 Å². The molecule has 8 nitrogen and oxygen atoms in total. The molecule has 1 saturated carbocycles. The van der Waals surface area contributed by atoms with Gasteiger partial charge in [-0.05, 0) is 31.9 Å². The maximum Gasteiger partial charge on any atom is 0.213 e. The maximum absolute atomic E-state index is 5.62. The van der Waals surface area contributed by atoms with Crippen molar-refractivity contribution in [2.24, 2.45) is 0 Å². The van der Waals surface area contributed by atoms with Crippen molar-refractivity contribution in [1.82, 2.24) is 19.6 Å². The molecule has 2 fully saturated rings. The van der Waals surface area contributed by atoms with Crippen molar-refractivity contribution in [3.63, 3.8) is 0 Å². The average molecular weight is 409 g/mol. The highest BCUT2D eigenvalue weighted by Crippen LogP contribution is 2.45. The molecule has 0 radical (unpaired) electrons. The number of aromatic nitrogens is 4. The van der Waals surface area contributed by atoms with Crippen molar-refractivity contribution in [1.29, 1.82) is 0 Å². The Labute approximate surface area is 175 Å². The Kier molecular flexibility index (Phi) is 5.26. The molecule has 3 aromatic rings. The lowest BCUT2D eigenvalue weighted by Gasteiger charge is -2.29. The van der Waals surface area contributed by atoms with Crippen molar-refractivity contribution in [3.8, 4) is 17.1 Å². The third-order valence-corrected chi connectivity index (χ3v) is 5.58. The maximum atomic E-state index is 5.62. The van der Waals surface area contributed by atoms with Gasteiger partial charge in [0.05, 0.1) is 42.6 Å². The lowest BCUT2D eigenvalue weighted by molar-refractivity contribution is 0.123. The number of hydrogen-bond donors (Lipinski definition) is 0. The van der Waals surface area contributed by atoms with Gasteiger partial charge in [-0.1, -0.05) is 0 Å². The Morgan fingerprint density at radius 3 is 2.70 bits per heavy atom. The first kappa shape index (κ1) is 19.3. The largest absolute Gasteiger partial charge is 0.475 e. The van der Waals surface area contributed by atoms with E-state index in [4.69, 9.17) is 24.3 Å². The summed E-state index contributed by atoms with van der Waals surface area (Å²) in [5.74, 6) is 1.09. The van der Waals surface area contributed by atoms with Gasteiger partial charge in [0.15, 0.2) is 5.65 Å². The zero-order chi connectivity index (χ0) is 20.5. The standard InChI is InChI=1S/C22H27N5O3/c1-15-13-18(26-7-9-29-10-8-26)22-24-20(16-3-4-16)21(27(22)25-15)17-5-6-19(23-14-17)30-12-11-28-2/h5-6,13-14,16H,3-4,7-12H2,1-2H3. The second-order valence-electron chi connectivity index (χ2n) is 7.85. The number of pyridine rings is 1. The quantitative estimate of drug-likeness (QED) is 0.556. The van der Waals surface area contributed by atoms with Crippen LogP contribution in [0, 0.1) is 6.92 Å². The summed E-state index contributed by atoms with van der Waals surface area (Å²) in [6, 6.07) is 6.09. The first-order valence-corrected chi connectivity index (χ1v) is 10.6. The van der Waals surface area contributed by atoms with Gasteiger partial charge in [0.2, 0.25) is 5.88 Å². The summed E-state index contributed by atoms with van der Waals surface area (Å²) < 4.78 is 18.2. The molecule has 0 unspecified atom stereocenters. The topological polar surface area (TPSA) is 74.0 Å². The number of rotatable bonds is 7. The fourth-order valence-corrected chi connectivity index (χ4v) is 3.92. The van der Waals surface area contributed by atoms with Crippen LogP contribution in [0.5, 0.6) is 5.88 Å². The first-order valence-electron chi connectivity index (χ1n) is 10.6. The minimum atomic E-state index is 0.482. The van der Waals surface area contributed by atoms with Gasteiger partial charge in [0.25, 0.3) is 0 Å². The zero-order valence-electron chi connectivity index (χ0n) is 17.5. The number of anilines is 1. The van der Waals surface area contributed by atoms with Crippen molar-refractivity contribution in [2.45, 2.75) is 25.7 Å². The number of fused-ring (bicyclic) bond motifs is 1. The average Bonchev–Trinajstić information content (AvgIpc) is 3.55. The molecular formula is C22H27N5O3. The Balaban J connectivity index is 1.57. The van der Waals surface area contributed by atoms with E-state index >= 15 is 0 Å².